The molecule has 2 aromatic rings. The molecule has 0 heterocycles. The van der Waals surface area contributed by atoms with E-state index in [0.29, 0.717) is 5.92 Å². The highest BCUT2D eigenvalue weighted by Crippen LogP contribution is 2.16. The molecule has 0 amide bonds. The second kappa shape index (κ2) is 5.67. The molecule has 0 saturated heterocycles. The molecule has 0 heteroatoms. The first kappa shape index (κ1) is 11.9. The van der Waals surface area contributed by atoms with Gasteiger partial charge in [-0.2, -0.15) is 0 Å². The maximum Gasteiger partial charge on any atom is -0.0190 e. The van der Waals surface area contributed by atoms with Crippen molar-refractivity contribution in [1.29, 1.82) is 0 Å². The van der Waals surface area contributed by atoms with Crippen molar-refractivity contribution in [1.82, 2.24) is 0 Å². The van der Waals surface area contributed by atoms with Crippen molar-refractivity contribution >= 4 is 0 Å². The van der Waals surface area contributed by atoms with E-state index >= 15 is 0 Å². The monoisotopic (exact) mass is 223 g/mol. The van der Waals surface area contributed by atoms with E-state index in [9.17, 15) is 0 Å². The highest BCUT2D eigenvalue weighted by Gasteiger charge is 2.00. The van der Waals surface area contributed by atoms with E-state index in [-0.39, 0.29) is 0 Å². The Labute approximate surface area is 104 Å². The predicted octanol–water partition coefficient (Wildman–Crippen LogP) is 4.41. The lowest BCUT2D eigenvalue weighted by atomic mass is 9.98. The molecule has 1 radical (unpaired) electrons. The molecule has 0 N–H and O–H groups in total. The lowest BCUT2D eigenvalue weighted by molar-refractivity contribution is 0.928. The van der Waals surface area contributed by atoms with Crippen LogP contribution in [0, 0.1) is 6.92 Å². The Bertz CT molecular complexity index is 454. The van der Waals surface area contributed by atoms with Crippen LogP contribution in [0.15, 0.2) is 54.6 Å². The zero-order chi connectivity index (χ0) is 12.1. The van der Waals surface area contributed by atoms with Gasteiger partial charge < -0.3 is 0 Å². The van der Waals surface area contributed by atoms with Crippen LogP contribution in [0.25, 0.3) is 0 Å². The van der Waals surface area contributed by atoms with Crippen LogP contribution in [-0.2, 0) is 12.8 Å². The van der Waals surface area contributed by atoms with E-state index in [1.54, 1.807) is 0 Å². The molecule has 0 bridgehead atoms. The van der Waals surface area contributed by atoms with Gasteiger partial charge in [-0.1, -0.05) is 61.5 Å². The Kier molecular flexibility index (Phi) is 3.98. The minimum absolute atomic E-state index is 0.367. The van der Waals surface area contributed by atoms with E-state index < -0.39 is 0 Å². The second-order valence-electron chi connectivity index (χ2n) is 4.63. The summed E-state index contributed by atoms with van der Waals surface area (Å²) in [5, 5.41) is 0. The average molecular weight is 223 g/mol. The van der Waals surface area contributed by atoms with Gasteiger partial charge in [0.25, 0.3) is 0 Å². The van der Waals surface area contributed by atoms with Gasteiger partial charge in [-0.05, 0) is 42.4 Å². The molecule has 0 nitrogen and oxygen atoms in total. The molecule has 0 saturated carbocycles. The summed E-state index contributed by atoms with van der Waals surface area (Å²) in [4.78, 5) is 0. The Morgan fingerprint density at radius 2 is 1.53 bits per heavy atom. The van der Waals surface area contributed by atoms with Crippen molar-refractivity contribution in [3.63, 3.8) is 0 Å². The van der Waals surface area contributed by atoms with Crippen LogP contribution in [0.3, 0.4) is 0 Å². The first-order chi connectivity index (χ1) is 8.25. The second-order valence-corrected chi connectivity index (χ2v) is 4.63. The number of rotatable bonds is 4. The van der Waals surface area contributed by atoms with Crippen LogP contribution in [0.2, 0.25) is 0 Å². The van der Waals surface area contributed by atoms with Gasteiger partial charge in [0.05, 0.1) is 0 Å². The minimum atomic E-state index is 0.367. The fourth-order valence-corrected chi connectivity index (χ4v) is 1.99. The van der Waals surface area contributed by atoms with E-state index in [2.05, 4.69) is 68.4 Å². The normalized spacial score (nSPS) is 10.8. The summed E-state index contributed by atoms with van der Waals surface area (Å²) in [7, 11) is 0. The summed E-state index contributed by atoms with van der Waals surface area (Å²) in [5.74, 6) is 0.367. The molecule has 0 fully saturated rings. The Hall–Kier alpha value is -1.56. The van der Waals surface area contributed by atoms with Gasteiger partial charge in [-0.3, -0.25) is 0 Å². The summed E-state index contributed by atoms with van der Waals surface area (Å²) < 4.78 is 0. The molecule has 2 rings (SSSR count). The van der Waals surface area contributed by atoms with Gasteiger partial charge in [-0.25, -0.2) is 0 Å². The number of benzene rings is 2. The molecule has 0 aliphatic carbocycles. The van der Waals surface area contributed by atoms with Crippen molar-refractivity contribution in [3.05, 3.63) is 78.2 Å². The van der Waals surface area contributed by atoms with Crippen molar-refractivity contribution in [2.75, 3.05) is 0 Å². The summed E-state index contributed by atoms with van der Waals surface area (Å²) in [5.41, 5.74) is 4.14. The fraction of sp³-hybridized carbons (Fsp3) is 0.235. The van der Waals surface area contributed by atoms with Gasteiger partial charge in [0, 0.05) is 0 Å². The van der Waals surface area contributed by atoms with Gasteiger partial charge in [0.1, 0.15) is 0 Å². The van der Waals surface area contributed by atoms with Crippen LogP contribution in [0.5, 0.6) is 0 Å². The van der Waals surface area contributed by atoms with E-state index in [1.807, 2.05) is 0 Å². The van der Waals surface area contributed by atoms with Gasteiger partial charge in [0.15, 0.2) is 0 Å². The van der Waals surface area contributed by atoms with Crippen LogP contribution < -0.4 is 0 Å². The summed E-state index contributed by atoms with van der Waals surface area (Å²) >= 11 is 0. The van der Waals surface area contributed by atoms with Gasteiger partial charge in [0.2, 0.25) is 0 Å². The van der Waals surface area contributed by atoms with Crippen LogP contribution in [0.4, 0.5) is 0 Å². The predicted molar refractivity (Wildman–Crippen MR) is 74.1 cm³/mol. The van der Waals surface area contributed by atoms with Crippen molar-refractivity contribution in [2.45, 2.75) is 25.7 Å². The van der Waals surface area contributed by atoms with Gasteiger partial charge >= 0.3 is 0 Å². The quantitative estimate of drug-likeness (QED) is 0.720. The Morgan fingerprint density at radius 3 is 2.24 bits per heavy atom. The SMILES string of the molecule is [CH2]C(C)c1cccc(CCc2ccccc2)c1. The molecular weight excluding hydrogens is 204 g/mol. The topological polar surface area (TPSA) is 0 Å². The lowest BCUT2D eigenvalue weighted by Crippen LogP contribution is -1.94. The third-order valence-electron chi connectivity index (χ3n) is 3.07. The summed E-state index contributed by atoms with van der Waals surface area (Å²) in [6.07, 6.45) is 2.21. The molecule has 1 atom stereocenters. The minimum Gasteiger partial charge on any atom is -0.0622 e. The number of hydrogen-bond acceptors (Lipinski definition) is 0. The van der Waals surface area contributed by atoms with E-state index in [0.717, 1.165) is 12.8 Å². The van der Waals surface area contributed by atoms with Crippen molar-refractivity contribution in [3.8, 4) is 0 Å². The molecule has 0 aromatic heterocycles. The molecular formula is C17H19. The lowest BCUT2D eigenvalue weighted by Gasteiger charge is -2.08. The maximum absolute atomic E-state index is 4.07. The highest BCUT2D eigenvalue weighted by atomic mass is 14.1. The molecule has 17 heavy (non-hydrogen) atoms. The molecule has 1 unspecified atom stereocenters. The van der Waals surface area contributed by atoms with Crippen LogP contribution in [-0.4, -0.2) is 0 Å². The molecule has 2 aromatic carbocycles. The standard InChI is InChI=1S/C17H19/c1-14(2)17-10-6-9-16(13-17)12-11-15-7-4-3-5-8-15/h3-10,13-14H,1,11-12H2,2H3. The first-order valence-corrected chi connectivity index (χ1v) is 6.21. The molecule has 0 aliphatic heterocycles. The van der Waals surface area contributed by atoms with E-state index in [4.69, 9.17) is 0 Å². The van der Waals surface area contributed by atoms with Crippen LogP contribution in [0.1, 0.15) is 29.5 Å². The van der Waals surface area contributed by atoms with Crippen LogP contribution >= 0.6 is 0 Å². The third-order valence-corrected chi connectivity index (χ3v) is 3.07. The van der Waals surface area contributed by atoms with E-state index in [1.165, 1.54) is 16.7 Å². The zero-order valence-electron chi connectivity index (χ0n) is 10.4. The summed E-state index contributed by atoms with van der Waals surface area (Å²) in [6, 6.07) is 19.4. The zero-order valence-corrected chi connectivity index (χ0v) is 10.4. The van der Waals surface area contributed by atoms with Gasteiger partial charge in [-0.15, -0.1) is 0 Å². The molecule has 0 aliphatic rings. The number of aryl methyl sites for hydroxylation is 2. The van der Waals surface area contributed by atoms with Crippen molar-refractivity contribution < 1.29 is 0 Å². The Morgan fingerprint density at radius 1 is 0.882 bits per heavy atom. The third kappa shape index (κ3) is 3.45. The smallest absolute Gasteiger partial charge is 0.0190 e. The number of hydrogen-bond donors (Lipinski definition) is 0. The largest absolute Gasteiger partial charge is 0.0622 e. The average Bonchev–Trinajstić information content (AvgIpc) is 2.38. The summed E-state index contributed by atoms with van der Waals surface area (Å²) in [6.45, 7) is 6.20. The molecule has 0 spiro atoms. The first-order valence-electron chi connectivity index (χ1n) is 6.21. The fourth-order valence-electron chi connectivity index (χ4n) is 1.99. The highest BCUT2D eigenvalue weighted by molar-refractivity contribution is 5.27. The molecule has 87 valence electrons. The van der Waals surface area contributed by atoms with Crippen molar-refractivity contribution in [2.24, 2.45) is 0 Å². The maximum atomic E-state index is 4.07. The Balaban J connectivity index is 2.02.